The summed E-state index contributed by atoms with van der Waals surface area (Å²) in [4.78, 5) is 16.3. The molecule has 6 nitrogen and oxygen atoms in total. The zero-order chi connectivity index (χ0) is 21.1. The second-order valence-corrected chi connectivity index (χ2v) is 6.97. The lowest BCUT2D eigenvalue weighted by atomic mass is 10.1. The van der Waals surface area contributed by atoms with Crippen LogP contribution in [0.2, 0.25) is 0 Å². The number of urea groups is 1. The molecule has 2 amide bonds. The first-order chi connectivity index (χ1) is 14.6. The van der Waals surface area contributed by atoms with Crippen LogP contribution in [0.4, 0.5) is 16.2 Å². The van der Waals surface area contributed by atoms with Crippen LogP contribution in [-0.2, 0) is 0 Å². The van der Waals surface area contributed by atoms with Crippen molar-refractivity contribution < 1.29 is 14.3 Å². The molecule has 30 heavy (non-hydrogen) atoms. The number of methoxy groups -OCH3 is 2. The summed E-state index contributed by atoms with van der Waals surface area (Å²) < 4.78 is 10.5. The summed E-state index contributed by atoms with van der Waals surface area (Å²) in [7, 11) is 3.14. The number of aryl methyl sites for hydroxylation is 1. The molecule has 152 valence electrons. The number of amides is 2. The number of nitrogens with one attached hydrogen (secondary N) is 3. The normalized spacial score (nSPS) is 10.6. The maximum Gasteiger partial charge on any atom is 0.323 e. The Bertz CT molecular complexity index is 1170. The standard InChI is InChI=1S/C24H23N3O3/c1-15-8-10-16(11-9-15)22-23(20-6-4-5-7-21(20)26-22)27-24(28)25-17-12-18(29-2)14-19(13-17)30-3/h4-14,26H,1-3H3,(H2,25,27,28). The van der Waals surface area contributed by atoms with Gasteiger partial charge in [0.15, 0.2) is 0 Å². The lowest BCUT2D eigenvalue weighted by Crippen LogP contribution is -2.19. The molecular formula is C24H23N3O3. The number of ether oxygens (including phenoxy) is 2. The van der Waals surface area contributed by atoms with E-state index < -0.39 is 0 Å². The summed E-state index contributed by atoms with van der Waals surface area (Å²) in [5, 5.41) is 6.80. The number of hydrogen-bond donors (Lipinski definition) is 3. The number of aromatic amines is 1. The first kappa shape index (κ1) is 19.4. The lowest BCUT2D eigenvalue weighted by Gasteiger charge is -2.12. The van der Waals surface area contributed by atoms with Gasteiger partial charge in [0.05, 0.1) is 25.6 Å². The highest BCUT2D eigenvalue weighted by molar-refractivity contribution is 6.10. The Kier molecular flexibility index (Phi) is 5.30. The Hall–Kier alpha value is -3.93. The highest BCUT2D eigenvalue weighted by atomic mass is 16.5. The molecule has 0 aliphatic carbocycles. The van der Waals surface area contributed by atoms with Crippen LogP contribution in [0.1, 0.15) is 5.56 Å². The summed E-state index contributed by atoms with van der Waals surface area (Å²) in [5.74, 6) is 1.19. The van der Waals surface area contributed by atoms with Crippen molar-refractivity contribution in [2.24, 2.45) is 0 Å². The van der Waals surface area contributed by atoms with Crippen LogP contribution >= 0.6 is 0 Å². The monoisotopic (exact) mass is 401 g/mol. The molecule has 6 heteroatoms. The van der Waals surface area contributed by atoms with Gasteiger partial charge in [-0.15, -0.1) is 0 Å². The number of benzene rings is 3. The summed E-state index contributed by atoms with van der Waals surface area (Å²) >= 11 is 0. The molecule has 0 radical (unpaired) electrons. The van der Waals surface area contributed by atoms with Crippen molar-refractivity contribution in [2.75, 3.05) is 24.9 Å². The van der Waals surface area contributed by atoms with Gasteiger partial charge in [0, 0.05) is 40.4 Å². The molecule has 0 aliphatic heterocycles. The van der Waals surface area contributed by atoms with E-state index in [-0.39, 0.29) is 6.03 Å². The Morgan fingerprint density at radius 1 is 0.867 bits per heavy atom. The van der Waals surface area contributed by atoms with E-state index in [9.17, 15) is 4.79 Å². The molecule has 1 aromatic heterocycles. The highest BCUT2D eigenvalue weighted by Gasteiger charge is 2.16. The van der Waals surface area contributed by atoms with Crippen LogP contribution in [0.25, 0.3) is 22.2 Å². The molecular weight excluding hydrogens is 378 g/mol. The minimum absolute atomic E-state index is 0.358. The van der Waals surface area contributed by atoms with E-state index in [2.05, 4.69) is 15.6 Å². The Labute approximate surface area is 174 Å². The number of carbonyl (C=O) groups is 1. The SMILES string of the molecule is COc1cc(NC(=O)Nc2c(-c3ccc(C)cc3)[nH]c3ccccc23)cc(OC)c1. The first-order valence-corrected chi connectivity index (χ1v) is 9.56. The average molecular weight is 401 g/mol. The highest BCUT2D eigenvalue weighted by Crippen LogP contribution is 2.35. The average Bonchev–Trinajstić information content (AvgIpc) is 3.12. The van der Waals surface area contributed by atoms with Crippen LogP contribution in [0.3, 0.4) is 0 Å². The molecule has 1 heterocycles. The topological polar surface area (TPSA) is 75.4 Å². The first-order valence-electron chi connectivity index (χ1n) is 9.56. The second-order valence-electron chi connectivity index (χ2n) is 6.97. The minimum atomic E-state index is -0.358. The zero-order valence-electron chi connectivity index (χ0n) is 17.1. The summed E-state index contributed by atoms with van der Waals surface area (Å²) in [6, 6.07) is 20.9. The fourth-order valence-corrected chi connectivity index (χ4v) is 3.36. The zero-order valence-corrected chi connectivity index (χ0v) is 17.1. The van der Waals surface area contributed by atoms with E-state index in [0.29, 0.717) is 17.2 Å². The number of H-pyrrole nitrogens is 1. The number of carbonyl (C=O) groups excluding carboxylic acids is 1. The molecule has 4 aromatic rings. The molecule has 0 atom stereocenters. The Morgan fingerprint density at radius 2 is 1.53 bits per heavy atom. The summed E-state index contributed by atoms with van der Waals surface area (Å²) in [6.07, 6.45) is 0. The molecule has 0 saturated heterocycles. The van der Waals surface area contributed by atoms with Crippen LogP contribution in [-0.4, -0.2) is 25.2 Å². The van der Waals surface area contributed by atoms with E-state index in [4.69, 9.17) is 9.47 Å². The van der Waals surface area contributed by atoms with Crippen molar-refractivity contribution in [1.29, 1.82) is 0 Å². The molecule has 3 aromatic carbocycles. The number of para-hydroxylation sites is 1. The van der Waals surface area contributed by atoms with Crippen LogP contribution in [0.5, 0.6) is 11.5 Å². The van der Waals surface area contributed by atoms with Gasteiger partial charge in [0.2, 0.25) is 0 Å². The van der Waals surface area contributed by atoms with Crippen LogP contribution in [0.15, 0.2) is 66.7 Å². The van der Waals surface area contributed by atoms with Gasteiger partial charge in [-0.1, -0.05) is 48.0 Å². The van der Waals surface area contributed by atoms with E-state index in [0.717, 1.165) is 27.8 Å². The summed E-state index contributed by atoms with van der Waals surface area (Å²) in [6.45, 7) is 2.05. The molecule has 0 spiro atoms. The van der Waals surface area contributed by atoms with E-state index in [1.807, 2.05) is 55.5 Å². The Morgan fingerprint density at radius 3 is 2.20 bits per heavy atom. The van der Waals surface area contributed by atoms with Gasteiger partial charge in [-0.05, 0) is 13.0 Å². The minimum Gasteiger partial charge on any atom is -0.497 e. The largest absolute Gasteiger partial charge is 0.497 e. The molecule has 0 bridgehead atoms. The molecule has 0 saturated carbocycles. The van der Waals surface area contributed by atoms with E-state index in [1.165, 1.54) is 5.56 Å². The lowest BCUT2D eigenvalue weighted by molar-refractivity contribution is 0.262. The smallest absolute Gasteiger partial charge is 0.323 e. The number of rotatable bonds is 5. The van der Waals surface area contributed by atoms with E-state index >= 15 is 0 Å². The third-order valence-electron chi connectivity index (χ3n) is 4.89. The van der Waals surface area contributed by atoms with Gasteiger partial charge in [-0.3, -0.25) is 0 Å². The third-order valence-corrected chi connectivity index (χ3v) is 4.89. The van der Waals surface area contributed by atoms with Crippen molar-refractivity contribution >= 4 is 28.3 Å². The fraction of sp³-hybridized carbons (Fsp3) is 0.125. The molecule has 0 aliphatic rings. The van der Waals surface area contributed by atoms with Gasteiger partial charge in [0.25, 0.3) is 0 Å². The second kappa shape index (κ2) is 8.21. The van der Waals surface area contributed by atoms with Crippen LogP contribution < -0.4 is 20.1 Å². The van der Waals surface area contributed by atoms with E-state index in [1.54, 1.807) is 32.4 Å². The third kappa shape index (κ3) is 3.93. The van der Waals surface area contributed by atoms with Crippen molar-refractivity contribution in [2.45, 2.75) is 6.92 Å². The molecule has 0 fully saturated rings. The van der Waals surface area contributed by atoms with Crippen molar-refractivity contribution in [3.05, 3.63) is 72.3 Å². The summed E-state index contributed by atoms with van der Waals surface area (Å²) in [5.41, 5.74) is 5.27. The van der Waals surface area contributed by atoms with Crippen LogP contribution in [0, 0.1) is 6.92 Å². The molecule has 0 unspecified atom stereocenters. The maximum atomic E-state index is 12.8. The number of hydrogen-bond acceptors (Lipinski definition) is 3. The fourth-order valence-electron chi connectivity index (χ4n) is 3.36. The van der Waals surface area contributed by atoms with Crippen molar-refractivity contribution in [3.8, 4) is 22.8 Å². The van der Waals surface area contributed by atoms with Crippen molar-refractivity contribution in [1.82, 2.24) is 4.98 Å². The van der Waals surface area contributed by atoms with Gasteiger partial charge in [-0.25, -0.2) is 4.79 Å². The Balaban J connectivity index is 1.67. The molecule has 3 N–H and O–H groups in total. The van der Waals surface area contributed by atoms with Gasteiger partial charge in [-0.2, -0.15) is 0 Å². The number of anilines is 2. The molecule has 4 rings (SSSR count). The van der Waals surface area contributed by atoms with Crippen molar-refractivity contribution in [3.63, 3.8) is 0 Å². The predicted molar refractivity (Wildman–Crippen MR) is 121 cm³/mol. The quantitative estimate of drug-likeness (QED) is 0.395. The van der Waals surface area contributed by atoms with Gasteiger partial charge in [0.1, 0.15) is 11.5 Å². The van der Waals surface area contributed by atoms with Gasteiger partial charge >= 0.3 is 6.03 Å². The number of fused-ring (bicyclic) bond motifs is 1. The maximum absolute atomic E-state index is 12.8. The van der Waals surface area contributed by atoms with Gasteiger partial charge < -0.3 is 25.1 Å². The predicted octanol–water partition coefficient (Wildman–Crippen LogP) is 5.80. The number of aromatic nitrogens is 1.